The van der Waals surface area contributed by atoms with Crippen LogP contribution in [-0.2, 0) is 23.7 Å². The van der Waals surface area contributed by atoms with E-state index in [0.717, 1.165) is 0 Å². The molecular weight excluding hydrogens is 396 g/mol. The molecule has 0 rings (SSSR count). The predicted octanol–water partition coefficient (Wildman–Crippen LogP) is 4.35. The molecule has 8 heteroatoms. The Balaban J connectivity index is 5.56. The van der Waals surface area contributed by atoms with Crippen LogP contribution in [0, 0.1) is 0 Å². The smallest absolute Gasteiger partial charge is 0.181 e. The Hall–Kier alpha value is 0.620. The minimum Gasteiger partial charge on any atom is -0.380 e. The van der Waals surface area contributed by atoms with E-state index in [1.54, 1.807) is 0 Å². The third-order valence-corrected chi connectivity index (χ3v) is 8.37. The van der Waals surface area contributed by atoms with Gasteiger partial charge in [0.25, 0.3) is 0 Å². The van der Waals surface area contributed by atoms with E-state index in [1.807, 2.05) is 48.5 Å². The van der Waals surface area contributed by atoms with Gasteiger partial charge in [-0.3, -0.25) is 0 Å². The van der Waals surface area contributed by atoms with Crippen molar-refractivity contribution < 1.29 is 23.7 Å². The van der Waals surface area contributed by atoms with Gasteiger partial charge in [0.2, 0.25) is 0 Å². The lowest BCUT2D eigenvalue weighted by Gasteiger charge is -2.45. The number of hydrogen-bond donors (Lipinski definition) is 1. The van der Waals surface area contributed by atoms with Crippen LogP contribution >= 0.6 is 17.2 Å². The molecular formula is C20H45NO5P2. The Morgan fingerprint density at radius 1 is 0.679 bits per heavy atom. The maximum absolute atomic E-state index is 7.04. The van der Waals surface area contributed by atoms with Crippen LogP contribution in [0.5, 0.6) is 0 Å². The molecule has 0 aromatic rings. The topological polar surface area (TPSA) is 72.2 Å². The molecule has 0 bridgehead atoms. The molecule has 0 saturated carbocycles. The van der Waals surface area contributed by atoms with Crippen LogP contribution in [0.4, 0.5) is 0 Å². The first kappa shape index (κ1) is 28.6. The Kier molecular flexibility index (Phi) is 14.1. The van der Waals surface area contributed by atoms with Crippen LogP contribution in [0.15, 0.2) is 0 Å². The van der Waals surface area contributed by atoms with E-state index in [-0.39, 0.29) is 11.3 Å². The van der Waals surface area contributed by atoms with Crippen molar-refractivity contribution in [2.75, 3.05) is 39.6 Å². The fourth-order valence-corrected chi connectivity index (χ4v) is 7.17. The van der Waals surface area contributed by atoms with Crippen molar-refractivity contribution in [1.29, 1.82) is 0 Å². The van der Waals surface area contributed by atoms with E-state index >= 15 is 0 Å². The lowest BCUT2D eigenvalue weighted by Crippen LogP contribution is -2.59. The van der Waals surface area contributed by atoms with E-state index in [9.17, 15) is 0 Å². The van der Waals surface area contributed by atoms with Crippen LogP contribution in [0.1, 0.15) is 62.3 Å². The lowest BCUT2D eigenvalue weighted by atomic mass is 9.94. The maximum Gasteiger partial charge on any atom is 0.181 e. The van der Waals surface area contributed by atoms with Gasteiger partial charge in [-0.2, -0.15) is 0 Å². The minimum absolute atomic E-state index is 0.136. The van der Waals surface area contributed by atoms with Crippen LogP contribution in [0.25, 0.3) is 0 Å². The average molecular weight is 442 g/mol. The molecule has 28 heavy (non-hydrogen) atoms. The zero-order chi connectivity index (χ0) is 21.8. The predicted molar refractivity (Wildman–Crippen MR) is 122 cm³/mol. The number of hydrogen-bond acceptors (Lipinski definition) is 6. The maximum atomic E-state index is 7.04. The van der Waals surface area contributed by atoms with Crippen molar-refractivity contribution >= 4 is 17.2 Å². The zero-order valence-corrected chi connectivity index (χ0v) is 21.5. The molecule has 0 aliphatic rings. The molecule has 0 aromatic carbocycles. The van der Waals surface area contributed by atoms with Crippen molar-refractivity contribution in [1.82, 2.24) is 0 Å². The Labute approximate surface area is 176 Å². The van der Waals surface area contributed by atoms with Gasteiger partial charge in [0.05, 0.1) is 12.1 Å². The molecule has 2 N–H and O–H groups in total. The SMILES string of the molecule is CCOCC(N)(C(C)PC(C)(OCC)OCC)C(C)PC(C)(OCC)OCC. The summed E-state index contributed by atoms with van der Waals surface area (Å²) in [5.41, 5.74) is 5.50. The molecule has 0 aliphatic heterocycles. The van der Waals surface area contributed by atoms with Gasteiger partial charge in [0.15, 0.2) is 11.1 Å². The van der Waals surface area contributed by atoms with Crippen LogP contribution < -0.4 is 5.73 Å². The summed E-state index contributed by atoms with van der Waals surface area (Å²) in [4.78, 5) is 0. The summed E-state index contributed by atoms with van der Waals surface area (Å²) in [5.74, 6) is 0. The van der Waals surface area contributed by atoms with Gasteiger partial charge in [-0.15, -0.1) is 0 Å². The zero-order valence-electron chi connectivity index (χ0n) is 19.5. The van der Waals surface area contributed by atoms with Gasteiger partial charge in [-0.25, -0.2) is 0 Å². The summed E-state index contributed by atoms with van der Waals surface area (Å²) in [6.45, 7) is 21.8. The third-order valence-electron chi connectivity index (χ3n) is 4.81. The van der Waals surface area contributed by atoms with Gasteiger partial charge in [0, 0.05) is 33.0 Å². The number of ether oxygens (including phenoxy) is 5. The second-order valence-corrected chi connectivity index (χ2v) is 11.2. The summed E-state index contributed by atoms with van der Waals surface area (Å²) in [5, 5.41) is 0. The Morgan fingerprint density at radius 2 is 1.00 bits per heavy atom. The van der Waals surface area contributed by atoms with Crippen LogP contribution in [0.2, 0.25) is 0 Å². The van der Waals surface area contributed by atoms with Crippen molar-refractivity contribution in [3.8, 4) is 0 Å². The van der Waals surface area contributed by atoms with E-state index < -0.39 is 16.6 Å². The van der Waals surface area contributed by atoms with E-state index in [2.05, 4.69) is 13.8 Å². The standard InChI is InChI=1S/C20H45NO5P2/c1-10-22-15-20(21,16(6)27-18(8,23-11-2)24-12-3)17(7)28-19(9,25-13-4)26-14-5/h16-17,27-28H,10-15,21H2,1-9H3. The van der Waals surface area contributed by atoms with Gasteiger partial charge in [-0.05, 0) is 59.8 Å². The molecule has 4 unspecified atom stereocenters. The first-order chi connectivity index (χ1) is 13.1. The largest absolute Gasteiger partial charge is 0.380 e. The summed E-state index contributed by atoms with van der Waals surface area (Å²) < 4.78 is 29.6. The fraction of sp³-hybridized carbons (Fsp3) is 1.00. The first-order valence-electron chi connectivity index (χ1n) is 10.5. The van der Waals surface area contributed by atoms with Gasteiger partial charge < -0.3 is 29.4 Å². The van der Waals surface area contributed by atoms with Crippen molar-refractivity contribution in [3.63, 3.8) is 0 Å². The Bertz CT molecular complexity index is 372. The van der Waals surface area contributed by atoms with Gasteiger partial charge in [-0.1, -0.05) is 31.0 Å². The molecule has 0 saturated heterocycles. The van der Waals surface area contributed by atoms with Crippen LogP contribution in [-0.4, -0.2) is 67.6 Å². The Morgan fingerprint density at radius 3 is 1.25 bits per heavy atom. The molecule has 0 aromatic heterocycles. The monoisotopic (exact) mass is 441 g/mol. The highest BCUT2D eigenvalue weighted by Crippen LogP contribution is 2.48. The van der Waals surface area contributed by atoms with Gasteiger partial charge in [0.1, 0.15) is 0 Å². The molecule has 0 radical (unpaired) electrons. The molecule has 6 nitrogen and oxygen atoms in total. The lowest BCUT2D eigenvalue weighted by molar-refractivity contribution is -0.156. The number of nitrogens with two attached hydrogens (primary N) is 1. The number of rotatable bonds is 17. The third kappa shape index (κ3) is 9.18. The van der Waals surface area contributed by atoms with E-state index in [0.29, 0.717) is 56.8 Å². The van der Waals surface area contributed by atoms with Crippen molar-refractivity contribution in [2.24, 2.45) is 5.73 Å². The normalized spacial score (nSPS) is 18.2. The highest BCUT2D eigenvalue weighted by atomic mass is 31.1. The van der Waals surface area contributed by atoms with E-state index in [1.165, 1.54) is 0 Å². The van der Waals surface area contributed by atoms with Crippen molar-refractivity contribution in [2.45, 2.75) is 90.2 Å². The summed E-state index contributed by atoms with van der Waals surface area (Å²) in [6.07, 6.45) is 0. The van der Waals surface area contributed by atoms with Crippen molar-refractivity contribution in [3.05, 3.63) is 0 Å². The summed E-state index contributed by atoms with van der Waals surface area (Å²) in [6, 6.07) is 0. The molecule has 0 heterocycles. The quantitative estimate of drug-likeness (QED) is 0.267. The minimum atomic E-state index is -0.633. The molecule has 0 spiro atoms. The summed E-state index contributed by atoms with van der Waals surface area (Å²) >= 11 is 0. The fourth-order valence-electron chi connectivity index (χ4n) is 3.31. The van der Waals surface area contributed by atoms with Crippen LogP contribution in [0.3, 0.4) is 0 Å². The second-order valence-electron chi connectivity index (χ2n) is 7.11. The highest BCUT2D eigenvalue weighted by molar-refractivity contribution is 7.41. The molecule has 0 fully saturated rings. The first-order valence-corrected chi connectivity index (χ1v) is 12.7. The molecule has 0 amide bonds. The average Bonchev–Trinajstić information content (AvgIpc) is 2.59. The van der Waals surface area contributed by atoms with E-state index in [4.69, 9.17) is 29.4 Å². The molecule has 170 valence electrons. The summed E-state index contributed by atoms with van der Waals surface area (Å²) in [7, 11) is 0.762. The highest BCUT2D eigenvalue weighted by Gasteiger charge is 2.44. The van der Waals surface area contributed by atoms with Gasteiger partial charge >= 0.3 is 0 Å². The molecule has 0 aliphatic carbocycles. The second kappa shape index (κ2) is 13.8. The molecule has 4 atom stereocenters.